The second kappa shape index (κ2) is 4.15. The summed E-state index contributed by atoms with van der Waals surface area (Å²) >= 11 is 0. The Hall–Kier alpha value is -1.35. The van der Waals surface area contributed by atoms with Crippen molar-refractivity contribution in [1.29, 1.82) is 0 Å². The summed E-state index contributed by atoms with van der Waals surface area (Å²) in [7, 11) is 1.38. The first-order valence-corrected chi connectivity index (χ1v) is 5.88. The molecule has 0 aromatic heterocycles. The third-order valence-corrected chi connectivity index (χ3v) is 3.92. The van der Waals surface area contributed by atoms with Crippen LogP contribution >= 0.6 is 0 Å². The molecule has 0 radical (unpaired) electrons. The zero-order chi connectivity index (χ0) is 12.6. The van der Waals surface area contributed by atoms with Gasteiger partial charge in [-0.2, -0.15) is 0 Å². The summed E-state index contributed by atoms with van der Waals surface area (Å²) in [5.74, 6) is -0.298. The molecule has 0 spiro atoms. The van der Waals surface area contributed by atoms with Crippen LogP contribution in [-0.4, -0.2) is 18.2 Å². The lowest BCUT2D eigenvalue weighted by Gasteiger charge is -2.33. The smallest absolute Gasteiger partial charge is 0.315 e. The number of aliphatic hydroxyl groups is 1. The van der Waals surface area contributed by atoms with Crippen molar-refractivity contribution in [3.05, 3.63) is 35.4 Å². The zero-order valence-electron chi connectivity index (χ0n) is 10.4. The van der Waals surface area contributed by atoms with Crippen LogP contribution in [0.3, 0.4) is 0 Å². The summed E-state index contributed by atoms with van der Waals surface area (Å²) in [6, 6.07) is 7.66. The van der Waals surface area contributed by atoms with Gasteiger partial charge in [-0.3, -0.25) is 4.79 Å². The quantitative estimate of drug-likeness (QED) is 0.797. The molecular formula is C14H18O3. The number of benzene rings is 1. The molecule has 1 N–H and O–H groups in total. The number of hydrogen-bond donors (Lipinski definition) is 1. The van der Waals surface area contributed by atoms with Gasteiger partial charge in [-0.05, 0) is 23.5 Å². The molecule has 2 rings (SSSR count). The van der Waals surface area contributed by atoms with Gasteiger partial charge >= 0.3 is 5.97 Å². The van der Waals surface area contributed by atoms with Crippen molar-refractivity contribution in [2.24, 2.45) is 11.3 Å². The SMILES string of the molecule is COC(=O)C1(C(C)C)Cc2ccccc2C1O. The van der Waals surface area contributed by atoms with Crippen LogP contribution in [0, 0.1) is 11.3 Å². The van der Waals surface area contributed by atoms with Crippen LogP contribution in [0.1, 0.15) is 31.1 Å². The lowest BCUT2D eigenvalue weighted by atomic mass is 9.73. The van der Waals surface area contributed by atoms with E-state index < -0.39 is 11.5 Å². The zero-order valence-corrected chi connectivity index (χ0v) is 10.4. The van der Waals surface area contributed by atoms with E-state index in [1.54, 1.807) is 0 Å². The Morgan fingerprint density at radius 2 is 2.12 bits per heavy atom. The van der Waals surface area contributed by atoms with Gasteiger partial charge in [0.25, 0.3) is 0 Å². The van der Waals surface area contributed by atoms with E-state index in [-0.39, 0.29) is 11.9 Å². The van der Waals surface area contributed by atoms with Crippen molar-refractivity contribution in [2.45, 2.75) is 26.4 Å². The first kappa shape index (κ1) is 12.1. The van der Waals surface area contributed by atoms with E-state index in [0.717, 1.165) is 11.1 Å². The molecule has 1 aromatic rings. The molecule has 17 heavy (non-hydrogen) atoms. The van der Waals surface area contributed by atoms with Crippen LogP contribution in [0.5, 0.6) is 0 Å². The summed E-state index contributed by atoms with van der Waals surface area (Å²) in [5, 5.41) is 10.5. The lowest BCUT2D eigenvalue weighted by molar-refractivity contribution is -0.164. The molecule has 1 aromatic carbocycles. The van der Waals surface area contributed by atoms with Crippen LogP contribution in [0.4, 0.5) is 0 Å². The maximum Gasteiger partial charge on any atom is 0.315 e. The lowest BCUT2D eigenvalue weighted by Crippen LogP contribution is -2.41. The molecule has 1 aliphatic carbocycles. The molecule has 0 saturated heterocycles. The van der Waals surface area contributed by atoms with E-state index >= 15 is 0 Å². The standard InChI is InChI=1S/C14H18O3/c1-9(2)14(13(16)17-3)8-10-6-4-5-7-11(10)12(14)15/h4-7,9,12,15H,8H2,1-3H3. The molecule has 92 valence electrons. The number of aliphatic hydroxyl groups excluding tert-OH is 1. The van der Waals surface area contributed by atoms with Gasteiger partial charge in [-0.15, -0.1) is 0 Å². The molecule has 0 fully saturated rings. The van der Waals surface area contributed by atoms with Gasteiger partial charge in [-0.25, -0.2) is 0 Å². The van der Waals surface area contributed by atoms with E-state index in [1.165, 1.54) is 7.11 Å². The molecule has 3 nitrogen and oxygen atoms in total. The Labute approximate surface area is 101 Å². The fourth-order valence-corrected chi connectivity index (χ4v) is 2.78. The van der Waals surface area contributed by atoms with Crippen molar-refractivity contribution >= 4 is 5.97 Å². The summed E-state index contributed by atoms with van der Waals surface area (Å²) in [6.45, 7) is 3.90. The van der Waals surface area contributed by atoms with Gasteiger partial charge in [0.15, 0.2) is 0 Å². The Morgan fingerprint density at radius 3 is 2.65 bits per heavy atom. The van der Waals surface area contributed by atoms with Crippen LogP contribution in [0.15, 0.2) is 24.3 Å². The van der Waals surface area contributed by atoms with Crippen molar-refractivity contribution in [1.82, 2.24) is 0 Å². The molecule has 1 aliphatic rings. The van der Waals surface area contributed by atoms with Gasteiger partial charge in [0.1, 0.15) is 5.41 Å². The predicted octanol–water partition coefficient (Wildman–Crippen LogP) is 2.09. The van der Waals surface area contributed by atoms with E-state index in [4.69, 9.17) is 4.74 Å². The summed E-state index contributed by atoms with van der Waals surface area (Å²) in [6.07, 6.45) is -0.222. The largest absolute Gasteiger partial charge is 0.468 e. The average molecular weight is 234 g/mol. The molecule has 0 heterocycles. The highest BCUT2D eigenvalue weighted by Crippen LogP contribution is 2.50. The monoisotopic (exact) mass is 234 g/mol. The molecule has 0 aliphatic heterocycles. The number of methoxy groups -OCH3 is 1. The Balaban J connectivity index is 2.50. The van der Waals surface area contributed by atoms with Gasteiger partial charge in [-0.1, -0.05) is 38.1 Å². The molecular weight excluding hydrogens is 216 g/mol. The second-order valence-corrected chi connectivity index (χ2v) is 4.96. The highest BCUT2D eigenvalue weighted by molar-refractivity contribution is 5.80. The highest BCUT2D eigenvalue weighted by atomic mass is 16.5. The number of rotatable bonds is 2. The fourth-order valence-electron chi connectivity index (χ4n) is 2.78. The summed E-state index contributed by atoms with van der Waals surface area (Å²) in [5.41, 5.74) is 1.06. The number of carbonyl (C=O) groups is 1. The topological polar surface area (TPSA) is 46.5 Å². The maximum absolute atomic E-state index is 12.1. The Morgan fingerprint density at radius 1 is 1.47 bits per heavy atom. The maximum atomic E-state index is 12.1. The number of ether oxygens (including phenoxy) is 1. The van der Waals surface area contributed by atoms with Crippen molar-refractivity contribution in [3.63, 3.8) is 0 Å². The summed E-state index contributed by atoms with van der Waals surface area (Å²) < 4.78 is 4.90. The molecule has 3 heteroatoms. The van der Waals surface area contributed by atoms with Gasteiger partial charge in [0, 0.05) is 0 Å². The second-order valence-electron chi connectivity index (χ2n) is 4.96. The number of fused-ring (bicyclic) bond motifs is 1. The van der Waals surface area contributed by atoms with Crippen LogP contribution < -0.4 is 0 Å². The van der Waals surface area contributed by atoms with E-state index in [2.05, 4.69) is 0 Å². The third kappa shape index (κ3) is 1.57. The molecule has 2 unspecified atom stereocenters. The van der Waals surface area contributed by atoms with Gasteiger partial charge in [0.2, 0.25) is 0 Å². The molecule has 0 amide bonds. The highest BCUT2D eigenvalue weighted by Gasteiger charge is 2.54. The van der Waals surface area contributed by atoms with Crippen LogP contribution in [0.2, 0.25) is 0 Å². The van der Waals surface area contributed by atoms with Crippen molar-refractivity contribution in [2.75, 3.05) is 7.11 Å². The third-order valence-electron chi connectivity index (χ3n) is 3.92. The summed E-state index contributed by atoms with van der Waals surface area (Å²) in [4.78, 5) is 12.1. The molecule has 2 atom stereocenters. The number of carbonyl (C=O) groups excluding carboxylic acids is 1. The minimum Gasteiger partial charge on any atom is -0.468 e. The fraction of sp³-hybridized carbons (Fsp3) is 0.500. The molecule has 0 saturated carbocycles. The van der Waals surface area contributed by atoms with Crippen LogP contribution in [-0.2, 0) is 16.0 Å². The minimum atomic E-state index is -0.835. The van der Waals surface area contributed by atoms with E-state index in [9.17, 15) is 9.90 Å². The first-order chi connectivity index (χ1) is 8.04. The van der Waals surface area contributed by atoms with Crippen molar-refractivity contribution < 1.29 is 14.6 Å². The normalized spacial score (nSPS) is 27.0. The number of hydrogen-bond acceptors (Lipinski definition) is 3. The van der Waals surface area contributed by atoms with Crippen LogP contribution in [0.25, 0.3) is 0 Å². The first-order valence-electron chi connectivity index (χ1n) is 5.88. The Bertz CT molecular complexity index is 439. The predicted molar refractivity (Wildman–Crippen MR) is 64.4 cm³/mol. The van der Waals surface area contributed by atoms with E-state index in [1.807, 2.05) is 38.1 Å². The average Bonchev–Trinajstić information content (AvgIpc) is 2.63. The Kier molecular flexibility index (Phi) is 2.96. The van der Waals surface area contributed by atoms with Gasteiger partial charge < -0.3 is 9.84 Å². The van der Waals surface area contributed by atoms with Crippen molar-refractivity contribution in [3.8, 4) is 0 Å². The van der Waals surface area contributed by atoms with Gasteiger partial charge in [0.05, 0.1) is 13.2 Å². The molecule has 0 bridgehead atoms. The number of esters is 1. The van der Waals surface area contributed by atoms with E-state index in [0.29, 0.717) is 6.42 Å². The minimum absolute atomic E-state index is 0.0253.